The van der Waals surface area contributed by atoms with Crippen molar-refractivity contribution in [3.63, 3.8) is 0 Å². The lowest BCUT2D eigenvalue weighted by atomic mass is 9.96. The number of halogens is 1. The van der Waals surface area contributed by atoms with Gasteiger partial charge in [0.05, 0.1) is 31.1 Å². The number of carbonyl (C=O) groups excluding carboxylic acids is 5. The van der Waals surface area contributed by atoms with E-state index in [-0.39, 0.29) is 36.2 Å². The van der Waals surface area contributed by atoms with E-state index in [9.17, 15) is 28.4 Å². The van der Waals surface area contributed by atoms with E-state index in [0.717, 1.165) is 25.9 Å². The molecule has 0 saturated carbocycles. The van der Waals surface area contributed by atoms with Crippen LogP contribution in [0.25, 0.3) is 0 Å². The fourth-order valence-electron chi connectivity index (χ4n) is 5.32. The van der Waals surface area contributed by atoms with Gasteiger partial charge in [0.25, 0.3) is 18.3 Å². The van der Waals surface area contributed by atoms with Crippen molar-refractivity contribution >= 4 is 35.9 Å². The van der Waals surface area contributed by atoms with Gasteiger partial charge in [0.15, 0.2) is 18.3 Å². The van der Waals surface area contributed by atoms with Crippen molar-refractivity contribution in [3.8, 4) is 17.6 Å². The first-order chi connectivity index (χ1) is 20.7. The molecule has 0 spiro atoms. The van der Waals surface area contributed by atoms with E-state index < -0.39 is 42.5 Å². The van der Waals surface area contributed by atoms with Crippen LogP contribution >= 0.6 is 0 Å². The monoisotopic (exact) mass is 592 g/mol. The summed E-state index contributed by atoms with van der Waals surface area (Å²) in [7, 11) is 3.28. The number of likely N-dealkylation sites (tertiary alicyclic amines) is 1. The molecule has 13 nitrogen and oxygen atoms in total. The van der Waals surface area contributed by atoms with Gasteiger partial charge >= 0.3 is 6.03 Å². The zero-order valence-corrected chi connectivity index (χ0v) is 23.5. The second-order valence-electron chi connectivity index (χ2n) is 10.5. The second-order valence-corrected chi connectivity index (χ2v) is 10.5. The van der Waals surface area contributed by atoms with E-state index in [4.69, 9.17) is 4.74 Å². The van der Waals surface area contributed by atoms with E-state index in [1.54, 1.807) is 12.1 Å². The van der Waals surface area contributed by atoms with Gasteiger partial charge < -0.3 is 29.9 Å². The van der Waals surface area contributed by atoms with Crippen molar-refractivity contribution in [1.29, 1.82) is 0 Å². The molecule has 0 bridgehead atoms. The minimum atomic E-state index is -1.96. The lowest BCUT2D eigenvalue weighted by molar-refractivity contribution is -0.139. The Balaban J connectivity index is 1.41. The van der Waals surface area contributed by atoms with Gasteiger partial charge in [-0.3, -0.25) is 24.2 Å². The van der Waals surface area contributed by atoms with Crippen LogP contribution in [0.5, 0.6) is 5.75 Å². The Kier molecular flexibility index (Phi) is 8.27. The number of benzene rings is 1. The zero-order valence-electron chi connectivity index (χ0n) is 23.5. The average Bonchev–Trinajstić information content (AvgIpc) is 3.43. The summed E-state index contributed by atoms with van der Waals surface area (Å²) < 4.78 is 24.6. The predicted molar refractivity (Wildman–Crippen MR) is 148 cm³/mol. The van der Waals surface area contributed by atoms with Crippen LogP contribution in [0.4, 0.5) is 14.9 Å². The van der Waals surface area contributed by atoms with Crippen molar-refractivity contribution < 1.29 is 37.8 Å². The molecule has 2 N–H and O–H groups in total. The minimum Gasteiger partial charge on any atom is -0.494 e. The number of anilines is 1. The number of hydrogen-bond acceptors (Lipinski definition) is 9. The van der Waals surface area contributed by atoms with Crippen LogP contribution in [0.1, 0.15) is 34.3 Å². The van der Waals surface area contributed by atoms with E-state index in [0.29, 0.717) is 21.7 Å². The summed E-state index contributed by atoms with van der Waals surface area (Å²) in [5, 5.41) is 5.37. The van der Waals surface area contributed by atoms with Gasteiger partial charge in [-0.1, -0.05) is 17.9 Å². The third-order valence-electron chi connectivity index (χ3n) is 7.67. The molecule has 0 unspecified atom stereocenters. The number of pyridine rings is 1. The molecule has 0 radical (unpaired) electrons. The fourth-order valence-corrected chi connectivity index (χ4v) is 5.32. The maximum absolute atomic E-state index is 14.9. The maximum Gasteiger partial charge on any atom is 0.328 e. The van der Waals surface area contributed by atoms with Crippen molar-refractivity contribution in [2.75, 3.05) is 45.8 Å². The molecule has 2 saturated heterocycles. The summed E-state index contributed by atoms with van der Waals surface area (Å²) in [6.07, 6.45) is 4.36. The number of aromatic nitrogens is 1. The molecule has 14 heteroatoms. The molecule has 5 rings (SSSR count). The van der Waals surface area contributed by atoms with Gasteiger partial charge in [-0.25, -0.2) is 14.1 Å². The van der Waals surface area contributed by atoms with Crippen molar-refractivity contribution in [2.24, 2.45) is 5.92 Å². The second kappa shape index (κ2) is 12.1. The Hall–Kier alpha value is -5.03. The number of urea groups is 1. The van der Waals surface area contributed by atoms with E-state index in [1.807, 2.05) is 7.05 Å². The Bertz CT molecular complexity index is 1550. The highest BCUT2D eigenvalue weighted by atomic mass is 19.1. The number of fused-ring (bicyclic) bond motifs is 1. The molecule has 2 fully saturated rings. The molecule has 43 heavy (non-hydrogen) atoms. The molecule has 2 aromatic rings. The molecular weight excluding hydrogens is 563 g/mol. The van der Waals surface area contributed by atoms with E-state index in [1.165, 1.54) is 30.5 Å². The normalized spacial score (nSPS) is 20.3. The molecule has 3 aliphatic rings. The predicted octanol–water partition coefficient (Wildman–Crippen LogP) is 0.938. The van der Waals surface area contributed by atoms with Crippen LogP contribution in [0.2, 0.25) is 0 Å². The van der Waals surface area contributed by atoms with Gasteiger partial charge in [-0.15, -0.1) is 0 Å². The Morgan fingerprint density at radius 3 is 2.74 bits per heavy atom. The number of piperidine rings is 1. The Morgan fingerprint density at radius 2 is 2.02 bits per heavy atom. The zero-order chi connectivity index (χ0) is 30.7. The number of amides is 5. The quantitative estimate of drug-likeness (QED) is 0.259. The molecule has 224 valence electrons. The maximum atomic E-state index is 14.9. The topological polar surface area (TPSA) is 150 Å². The largest absolute Gasteiger partial charge is 0.494 e. The van der Waals surface area contributed by atoms with Gasteiger partial charge in [-0.05, 0) is 50.7 Å². The van der Waals surface area contributed by atoms with Gasteiger partial charge in [-0.2, -0.15) is 0 Å². The number of methoxy groups -OCH3 is 1. The molecule has 0 aliphatic carbocycles. The van der Waals surface area contributed by atoms with Crippen LogP contribution in [-0.4, -0.2) is 96.0 Å². The lowest BCUT2D eigenvalue weighted by Gasteiger charge is -2.28. The minimum absolute atomic E-state index is 0.0491. The first-order valence-electron chi connectivity index (χ1n) is 13.5. The van der Waals surface area contributed by atoms with E-state index in [2.05, 4.69) is 37.1 Å². The van der Waals surface area contributed by atoms with Crippen molar-refractivity contribution in [2.45, 2.75) is 24.9 Å². The van der Waals surface area contributed by atoms with Crippen LogP contribution in [0, 0.1) is 23.6 Å². The summed E-state index contributed by atoms with van der Waals surface area (Å²) in [4.78, 5) is 71.2. The molecule has 5 amide bonds. The first kappa shape index (κ1) is 29.5. The molecule has 1 aromatic heterocycles. The van der Waals surface area contributed by atoms with Crippen LogP contribution in [0.15, 0.2) is 30.6 Å². The van der Waals surface area contributed by atoms with Gasteiger partial charge in [0.1, 0.15) is 0 Å². The van der Waals surface area contributed by atoms with Crippen molar-refractivity contribution in [1.82, 2.24) is 25.0 Å². The summed E-state index contributed by atoms with van der Waals surface area (Å²) in [6.45, 7) is 0.578. The highest BCUT2D eigenvalue weighted by molar-refractivity contribution is 6.10. The Labute approximate surface area is 246 Å². The first-order valence-corrected chi connectivity index (χ1v) is 13.5. The smallest absolute Gasteiger partial charge is 0.328 e. The molecule has 1 aromatic carbocycles. The number of nitrogens with one attached hydrogen (secondary N) is 2. The van der Waals surface area contributed by atoms with E-state index >= 15 is 0 Å². The van der Waals surface area contributed by atoms with Crippen LogP contribution < -0.4 is 15.4 Å². The number of ether oxygens (including phenoxy) is 2. The number of carbonyl (C=O) groups is 5. The van der Waals surface area contributed by atoms with Gasteiger partial charge in [0, 0.05) is 24.2 Å². The molecule has 4 heterocycles. The number of rotatable bonds is 8. The van der Waals surface area contributed by atoms with Gasteiger partial charge in [0.2, 0.25) is 11.4 Å². The standard InChI is InChI=1S/C29H29FN6O7/c1-34-9-6-19(7-10-34)25(38)32-21-11-18(12-31-13-21)5-8-29(27(40)36(16-43-17-37)28(41)33-29)15-35-14-20-3-4-22(42-2)24(30)23(20)26(35)39/h3-4,11-13,17,19H,6-7,9-10,14-16H2,1-2H3,(H,32,38)(H,33,41)/t29-/m1/s1. The number of hydrogen-bond donors (Lipinski definition) is 2. The average molecular weight is 593 g/mol. The van der Waals surface area contributed by atoms with Crippen molar-refractivity contribution in [3.05, 3.63) is 53.1 Å². The molecular formula is C29H29FN6O7. The SMILES string of the molecule is COc1ccc2c(c1F)C(=O)N(C[C@@]1(C#Cc3cncc(NC(=O)C4CCN(C)CC4)c3)NC(=O)N(COC=O)C1=O)C2. The van der Waals surface area contributed by atoms with Crippen LogP contribution in [0.3, 0.4) is 0 Å². The molecule has 3 aliphatic heterocycles. The summed E-state index contributed by atoms with van der Waals surface area (Å²) >= 11 is 0. The third kappa shape index (κ3) is 5.84. The Morgan fingerprint density at radius 1 is 1.26 bits per heavy atom. The highest BCUT2D eigenvalue weighted by Gasteiger charge is 2.53. The number of imide groups is 1. The highest BCUT2D eigenvalue weighted by Crippen LogP contribution is 2.32. The lowest BCUT2D eigenvalue weighted by Crippen LogP contribution is -2.54. The fraction of sp³-hybridized carbons (Fsp3) is 0.379. The summed E-state index contributed by atoms with van der Waals surface area (Å²) in [5.74, 6) is 2.81. The summed E-state index contributed by atoms with van der Waals surface area (Å²) in [6, 6.07) is 3.63. The number of nitrogens with zero attached hydrogens (tertiary/aromatic N) is 4. The van der Waals surface area contributed by atoms with Crippen LogP contribution in [-0.2, 0) is 25.7 Å². The third-order valence-corrected chi connectivity index (χ3v) is 7.67. The molecule has 1 atom stereocenters. The summed E-state index contributed by atoms with van der Waals surface area (Å²) in [5.41, 5.74) is -1.06.